The van der Waals surface area contributed by atoms with Crippen LogP contribution in [-0.2, 0) is 16.2 Å². The maximum Gasteiger partial charge on any atom is 0.404 e. The number of carbonyl (C=O) groups excluding carboxylic acids is 2. The number of benzene rings is 1. The van der Waals surface area contributed by atoms with Crippen LogP contribution in [-0.4, -0.2) is 28.7 Å². The standard InChI is InChI=1S/C30H38N2O5/c1-18(32-37-27(34)20-6-4-19(5-7-20)17-31-28(35)36)24-10-11-25-23-9-8-21-16-22(33)12-14-29(21,2)26(23)13-15-30(24,25)3/h4-7,16,23-26,31H,8-15,17H2,1-3H3,(H,35,36)/b32-18+/t23-,24+,25-,26-,29-,30+/m0/s1. The van der Waals surface area contributed by atoms with E-state index in [1.54, 1.807) is 24.3 Å². The number of hydrogen-bond donors (Lipinski definition) is 2. The number of nitrogens with one attached hydrogen (secondary N) is 1. The molecule has 1 aromatic rings. The highest BCUT2D eigenvalue weighted by Gasteiger charge is 2.59. The molecule has 3 saturated carbocycles. The lowest BCUT2D eigenvalue weighted by Crippen LogP contribution is -2.51. The van der Waals surface area contributed by atoms with E-state index in [1.807, 2.05) is 13.0 Å². The van der Waals surface area contributed by atoms with Gasteiger partial charge in [0.05, 0.1) is 11.3 Å². The molecule has 7 nitrogen and oxygen atoms in total. The van der Waals surface area contributed by atoms with Crippen LogP contribution in [0, 0.1) is 34.5 Å². The first-order chi connectivity index (χ1) is 17.6. The summed E-state index contributed by atoms with van der Waals surface area (Å²) >= 11 is 0. The van der Waals surface area contributed by atoms with Gasteiger partial charge < -0.3 is 15.3 Å². The second-order valence-corrected chi connectivity index (χ2v) is 12.1. The number of oxime groups is 1. The fraction of sp³-hybridized carbons (Fsp3) is 0.600. The topological polar surface area (TPSA) is 105 Å². The Balaban J connectivity index is 1.25. The third-order valence-corrected chi connectivity index (χ3v) is 10.4. The number of allylic oxidation sites excluding steroid dienone is 1. The van der Waals surface area contributed by atoms with Gasteiger partial charge in [-0.25, -0.2) is 9.59 Å². The van der Waals surface area contributed by atoms with Crippen molar-refractivity contribution >= 4 is 23.6 Å². The molecule has 3 fully saturated rings. The smallest absolute Gasteiger partial charge is 0.404 e. The molecule has 2 N–H and O–H groups in total. The van der Waals surface area contributed by atoms with Gasteiger partial charge in [0.1, 0.15) is 0 Å². The summed E-state index contributed by atoms with van der Waals surface area (Å²) in [5, 5.41) is 15.4. The zero-order valence-corrected chi connectivity index (χ0v) is 22.1. The maximum absolute atomic E-state index is 12.6. The highest BCUT2D eigenvalue weighted by Crippen LogP contribution is 2.66. The lowest BCUT2D eigenvalue weighted by atomic mass is 9.46. The van der Waals surface area contributed by atoms with E-state index in [2.05, 4.69) is 24.3 Å². The van der Waals surface area contributed by atoms with Gasteiger partial charge in [0.2, 0.25) is 0 Å². The number of hydrogen-bond acceptors (Lipinski definition) is 5. The van der Waals surface area contributed by atoms with Crippen LogP contribution in [0.3, 0.4) is 0 Å². The lowest BCUT2D eigenvalue weighted by Gasteiger charge is -2.58. The van der Waals surface area contributed by atoms with Crippen molar-refractivity contribution in [3.05, 3.63) is 47.0 Å². The van der Waals surface area contributed by atoms with Crippen molar-refractivity contribution in [2.75, 3.05) is 0 Å². The summed E-state index contributed by atoms with van der Waals surface area (Å²) in [4.78, 5) is 40.7. The van der Waals surface area contributed by atoms with Crippen LogP contribution in [0.1, 0.15) is 88.1 Å². The number of carboxylic acid groups (broad SMARTS) is 1. The number of carbonyl (C=O) groups is 3. The van der Waals surface area contributed by atoms with Gasteiger partial charge in [-0.15, -0.1) is 0 Å². The fourth-order valence-corrected chi connectivity index (χ4v) is 8.41. The summed E-state index contributed by atoms with van der Waals surface area (Å²) < 4.78 is 0. The van der Waals surface area contributed by atoms with E-state index in [1.165, 1.54) is 24.8 Å². The molecule has 0 aromatic heterocycles. The molecule has 7 heteroatoms. The zero-order valence-electron chi connectivity index (χ0n) is 22.1. The van der Waals surface area contributed by atoms with Gasteiger partial charge in [0.15, 0.2) is 5.78 Å². The summed E-state index contributed by atoms with van der Waals surface area (Å²) in [6.45, 7) is 7.01. The SMILES string of the molecule is C/C(=N\OC(=O)c1ccc(CNC(=O)O)cc1)[C@H]1CC[C@H]2[C@@H]3CCC4=CC(=O)CC[C@]4(C)[C@H]3CC[C@]12C. The van der Waals surface area contributed by atoms with Gasteiger partial charge in [-0.1, -0.05) is 36.7 Å². The van der Waals surface area contributed by atoms with Crippen molar-refractivity contribution in [2.24, 2.45) is 39.7 Å². The van der Waals surface area contributed by atoms with E-state index in [4.69, 9.17) is 9.94 Å². The first kappa shape index (κ1) is 25.7. The van der Waals surface area contributed by atoms with Crippen LogP contribution >= 0.6 is 0 Å². The molecule has 0 unspecified atom stereocenters. The zero-order chi connectivity index (χ0) is 26.4. The molecule has 6 atom stereocenters. The normalized spacial score (nSPS) is 35.1. The quantitative estimate of drug-likeness (QED) is 0.284. The van der Waals surface area contributed by atoms with E-state index < -0.39 is 12.1 Å². The summed E-state index contributed by atoms with van der Waals surface area (Å²) in [6.07, 6.45) is 9.38. The van der Waals surface area contributed by atoms with E-state index in [0.717, 1.165) is 37.0 Å². The third kappa shape index (κ3) is 4.62. The molecule has 1 aromatic carbocycles. The Morgan fingerprint density at radius 3 is 2.54 bits per heavy atom. The van der Waals surface area contributed by atoms with Crippen LogP contribution in [0.5, 0.6) is 0 Å². The van der Waals surface area contributed by atoms with Crippen LogP contribution in [0.4, 0.5) is 4.79 Å². The van der Waals surface area contributed by atoms with E-state index in [0.29, 0.717) is 41.4 Å². The van der Waals surface area contributed by atoms with Crippen molar-refractivity contribution in [1.29, 1.82) is 0 Å². The van der Waals surface area contributed by atoms with E-state index >= 15 is 0 Å². The van der Waals surface area contributed by atoms with Crippen LogP contribution in [0.15, 0.2) is 41.1 Å². The summed E-state index contributed by atoms with van der Waals surface area (Å²) in [5.41, 5.74) is 3.77. The molecule has 0 aliphatic heterocycles. The van der Waals surface area contributed by atoms with Crippen LogP contribution < -0.4 is 5.32 Å². The second kappa shape index (κ2) is 9.73. The van der Waals surface area contributed by atoms with Gasteiger partial charge in [0.25, 0.3) is 0 Å². The second-order valence-electron chi connectivity index (χ2n) is 12.1. The molecule has 0 spiro atoms. The minimum Gasteiger partial charge on any atom is -0.465 e. The van der Waals surface area contributed by atoms with E-state index in [9.17, 15) is 14.4 Å². The van der Waals surface area contributed by atoms with Crippen LogP contribution in [0.25, 0.3) is 0 Å². The Hall–Kier alpha value is -2.96. The summed E-state index contributed by atoms with van der Waals surface area (Å²) in [6, 6.07) is 6.67. The molecular weight excluding hydrogens is 468 g/mol. The number of ketones is 1. The number of rotatable bonds is 5. The van der Waals surface area contributed by atoms with Crippen molar-refractivity contribution in [3.63, 3.8) is 0 Å². The molecule has 0 radical (unpaired) electrons. The van der Waals surface area contributed by atoms with Crippen molar-refractivity contribution in [3.8, 4) is 0 Å². The molecule has 37 heavy (non-hydrogen) atoms. The summed E-state index contributed by atoms with van der Waals surface area (Å²) in [5.74, 6) is 2.07. The Kier molecular flexibility index (Phi) is 6.75. The Morgan fingerprint density at radius 2 is 1.81 bits per heavy atom. The minimum atomic E-state index is -1.09. The Morgan fingerprint density at radius 1 is 1.05 bits per heavy atom. The van der Waals surface area contributed by atoms with Gasteiger partial charge >= 0.3 is 12.1 Å². The molecule has 0 bridgehead atoms. The van der Waals surface area contributed by atoms with Gasteiger partial charge in [-0.3, -0.25) is 4.79 Å². The van der Waals surface area contributed by atoms with Crippen LogP contribution in [0.2, 0.25) is 0 Å². The molecule has 4 aliphatic rings. The molecule has 0 heterocycles. The molecule has 5 rings (SSSR count). The molecule has 198 valence electrons. The molecule has 0 saturated heterocycles. The molecular formula is C30H38N2O5. The summed E-state index contributed by atoms with van der Waals surface area (Å²) in [7, 11) is 0. The Labute approximate surface area is 218 Å². The predicted octanol–water partition coefficient (Wildman–Crippen LogP) is 6.14. The highest BCUT2D eigenvalue weighted by atomic mass is 16.7. The van der Waals surface area contributed by atoms with Crippen molar-refractivity contribution in [2.45, 2.75) is 78.7 Å². The number of amides is 1. The minimum absolute atomic E-state index is 0.155. The van der Waals surface area contributed by atoms with Crippen molar-refractivity contribution in [1.82, 2.24) is 5.32 Å². The van der Waals surface area contributed by atoms with Gasteiger partial charge in [-0.2, -0.15) is 0 Å². The third-order valence-electron chi connectivity index (χ3n) is 10.4. The highest BCUT2D eigenvalue weighted by molar-refractivity contribution is 5.92. The number of nitrogens with zero attached hydrogens (tertiary/aromatic N) is 1. The van der Waals surface area contributed by atoms with E-state index in [-0.39, 0.29) is 17.4 Å². The monoisotopic (exact) mass is 506 g/mol. The molecule has 1 amide bonds. The Bertz CT molecular complexity index is 1160. The largest absolute Gasteiger partial charge is 0.465 e. The maximum atomic E-state index is 12.6. The first-order valence-electron chi connectivity index (χ1n) is 13.7. The lowest BCUT2D eigenvalue weighted by molar-refractivity contribution is -0.117. The molecule has 4 aliphatic carbocycles. The first-order valence-corrected chi connectivity index (χ1v) is 13.7. The van der Waals surface area contributed by atoms with Gasteiger partial charge in [0, 0.05) is 18.9 Å². The van der Waals surface area contributed by atoms with Crippen molar-refractivity contribution < 1.29 is 24.3 Å². The average molecular weight is 507 g/mol. The number of fused-ring (bicyclic) bond motifs is 5. The average Bonchev–Trinajstić information content (AvgIpc) is 3.24. The van der Waals surface area contributed by atoms with Gasteiger partial charge in [-0.05, 0) is 104 Å². The predicted molar refractivity (Wildman–Crippen MR) is 140 cm³/mol. The fourth-order valence-electron chi connectivity index (χ4n) is 8.41.